The number of benzene rings is 2. The molecule has 0 atom stereocenters. The molecule has 0 aliphatic heterocycles. The number of aromatic nitrogens is 1. The number of fused-ring (bicyclic) bond motifs is 1. The van der Waals surface area contributed by atoms with Crippen LogP contribution >= 0.6 is 23.2 Å². The smallest absolute Gasteiger partial charge is 0.337 e. The Kier molecular flexibility index (Phi) is 4.46. The number of hydrogen-bond donors (Lipinski definition) is 2. The van der Waals surface area contributed by atoms with Crippen molar-refractivity contribution >= 4 is 51.7 Å². The fraction of sp³-hybridized carbons (Fsp3) is 0.0588. The minimum absolute atomic E-state index is 0.292. The summed E-state index contributed by atoms with van der Waals surface area (Å²) in [5, 5.41) is 4.43. The SMILES string of the molecule is COC(=O)c1ccc(Cl)c(NC(=O)c2cc3ccc(Cl)cc3[nH]2)c1. The normalized spacial score (nSPS) is 10.6. The molecule has 122 valence electrons. The number of ether oxygens (including phenoxy) is 1. The van der Waals surface area contributed by atoms with Crippen molar-refractivity contribution in [2.45, 2.75) is 0 Å². The van der Waals surface area contributed by atoms with Gasteiger partial charge in [-0.1, -0.05) is 29.3 Å². The Bertz CT molecular complexity index is 950. The van der Waals surface area contributed by atoms with E-state index in [2.05, 4.69) is 15.0 Å². The number of carbonyl (C=O) groups is 2. The summed E-state index contributed by atoms with van der Waals surface area (Å²) in [6, 6.07) is 11.5. The van der Waals surface area contributed by atoms with Crippen LogP contribution in [0.5, 0.6) is 0 Å². The van der Waals surface area contributed by atoms with Gasteiger partial charge >= 0.3 is 5.97 Å². The predicted molar refractivity (Wildman–Crippen MR) is 94.1 cm³/mol. The van der Waals surface area contributed by atoms with Gasteiger partial charge in [-0.05, 0) is 36.4 Å². The van der Waals surface area contributed by atoms with Crippen LogP contribution in [0.1, 0.15) is 20.8 Å². The third-order valence-corrected chi connectivity index (χ3v) is 4.03. The first kappa shape index (κ1) is 16.4. The van der Waals surface area contributed by atoms with E-state index in [0.717, 1.165) is 10.9 Å². The summed E-state index contributed by atoms with van der Waals surface area (Å²) in [4.78, 5) is 27.0. The zero-order chi connectivity index (χ0) is 17.3. The van der Waals surface area contributed by atoms with Crippen molar-refractivity contribution in [1.82, 2.24) is 4.98 Å². The number of aromatic amines is 1. The van der Waals surface area contributed by atoms with Crippen LogP contribution in [0.4, 0.5) is 5.69 Å². The molecule has 7 heteroatoms. The van der Waals surface area contributed by atoms with Crippen molar-refractivity contribution in [2.75, 3.05) is 12.4 Å². The van der Waals surface area contributed by atoms with Crippen LogP contribution in [0.15, 0.2) is 42.5 Å². The van der Waals surface area contributed by atoms with Crippen LogP contribution in [-0.2, 0) is 4.74 Å². The van der Waals surface area contributed by atoms with E-state index in [1.165, 1.54) is 25.3 Å². The highest BCUT2D eigenvalue weighted by Crippen LogP contribution is 2.25. The molecule has 0 fully saturated rings. The van der Waals surface area contributed by atoms with Crippen molar-refractivity contribution in [3.63, 3.8) is 0 Å². The zero-order valence-corrected chi connectivity index (χ0v) is 14.0. The van der Waals surface area contributed by atoms with E-state index in [9.17, 15) is 9.59 Å². The topological polar surface area (TPSA) is 71.2 Å². The van der Waals surface area contributed by atoms with Gasteiger partial charge < -0.3 is 15.0 Å². The average molecular weight is 363 g/mol. The van der Waals surface area contributed by atoms with Gasteiger partial charge in [-0.2, -0.15) is 0 Å². The predicted octanol–water partition coefficient (Wildman–Crippen LogP) is 4.51. The highest BCUT2D eigenvalue weighted by molar-refractivity contribution is 6.34. The maximum Gasteiger partial charge on any atom is 0.337 e. The van der Waals surface area contributed by atoms with Gasteiger partial charge in [-0.25, -0.2) is 4.79 Å². The molecule has 24 heavy (non-hydrogen) atoms. The number of H-pyrrole nitrogens is 1. The van der Waals surface area contributed by atoms with E-state index < -0.39 is 5.97 Å². The maximum atomic E-state index is 12.4. The van der Waals surface area contributed by atoms with Crippen molar-refractivity contribution in [2.24, 2.45) is 0 Å². The van der Waals surface area contributed by atoms with Crippen LogP contribution in [0.3, 0.4) is 0 Å². The van der Waals surface area contributed by atoms with Crippen molar-refractivity contribution in [1.29, 1.82) is 0 Å². The van der Waals surface area contributed by atoms with Crippen molar-refractivity contribution in [3.05, 3.63) is 63.8 Å². The highest BCUT2D eigenvalue weighted by atomic mass is 35.5. The molecule has 0 radical (unpaired) electrons. The van der Waals surface area contributed by atoms with Gasteiger partial charge in [0.1, 0.15) is 5.69 Å². The Hall–Kier alpha value is -2.50. The van der Waals surface area contributed by atoms with Gasteiger partial charge in [0, 0.05) is 15.9 Å². The Morgan fingerprint density at radius 1 is 1.08 bits per heavy atom. The Balaban J connectivity index is 1.89. The average Bonchev–Trinajstić information content (AvgIpc) is 2.99. The number of carbonyl (C=O) groups excluding carboxylic acids is 2. The van der Waals surface area contributed by atoms with E-state index in [0.29, 0.717) is 27.0 Å². The second-order valence-electron chi connectivity index (χ2n) is 5.05. The lowest BCUT2D eigenvalue weighted by molar-refractivity contribution is 0.0600. The number of esters is 1. The second-order valence-corrected chi connectivity index (χ2v) is 5.90. The molecule has 0 bridgehead atoms. The van der Waals surface area contributed by atoms with Crippen molar-refractivity contribution < 1.29 is 14.3 Å². The van der Waals surface area contributed by atoms with E-state index >= 15 is 0 Å². The first-order valence-electron chi connectivity index (χ1n) is 6.95. The van der Waals surface area contributed by atoms with Gasteiger partial charge in [0.05, 0.1) is 23.4 Å². The van der Waals surface area contributed by atoms with Crippen LogP contribution in [-0.4, -0.2) is 24.0 Å². The van der Waals surface area contributed by atoms with Crippen LogP contribution in [0, 0.1) is 0 Å². The number of rotatable bonds is 3. The summed E-state index contributed by atoms with van der Waals surface area (Å²) in [7, 11) is 1.28. The molecule has 2 N–H and O–H groups in total. The quantitative estimate of drug-likeness (QED) is 0.673. The third kappa shape index (κ3) is 3.22. The molecular formula is C17H12Cl2N2O3. The number of hydrogen-bond acceptors (Lipinski definition) is 3. The molecule has 0 saturated heterocycles. The molecular weight excluding hydrogens is 351 g/mol. The zero-order valence-electron chi connectivity index (χ0n) is 12.5. The first-order chi connectivity index (χ1) is 11.5. The molecule has 0 saturated carbocycles. The van der Waals surface area contributed by atoms with E-state index in [1.54, 1.807) is 18.2 Å². The van der Waals surface area contributed by atoms with Gasteiger partial charge in [0.15, 0.2) is 0 Å². The molecule has 1 aromatic heterocycles. The summed E-state index contributed by atoms with van der Waals surface area (Å²) in [5.74, 6) is -0.895. The molecule has 3 aromatic rings. The lowest BCUT2D eigenvalue weighted by atomic mass is 10.2. The summed E-state index contributed by atoms with van der Waals surface area (Å²) >= 11 is 12.0. The van der Waals surface area contributed by atoms with Gasteiger partial charge in [-0.3, -0.25) is 4.79 Å². The minimum atomic E-state index is -0.512. The van der Waals surface area contributed by atoms with Gasteiger partial charge in [0.2, 0.25) is 0 Å². The molecule has 3 rings (SSSR count). The van der Waals surface area contributed by atoms with E-state index in [1.807, 2.05) is 6.07 Å². The van der Waals surface area contributed by atoms with Gasteiger partial charge in [0.25, 0.3) is 5.91 Å². The van der Waals surface area contributed by atoms with E-state index in [4.69, 9.17) is 23.2 Å². The van der Waals surface area contributed by atoms with Crippen LogP contribution in [0.25, 0.3) is 10.9 Å². The molecule has 0 aliphatic rings. The number of halogens is 2. The Morgan fingerprint density at radius 2 is 1.88 bits per heavy atom. The largest absolute Gasteiger partial charge is 0.465 e. The molecule has 5 nitrogen and oxygen atoms in total. The number of nitrogens with one attached hydrogen (secondary N) is 2. The molecule has 0 aliphatic carbocycles. The summed E-state index contributed by atoms with van der Waals surface area (Å²) < 4.78 is 4.66. The maximum absolute atomic E-state index is 12.4. The highest BCUT2D eigenvalue weighted by Gasteiger charge is 2.14. The summed E-state index contributed by atoms with van der Waals surface area (Å²) in [5.41, 5.74) is 1.72. The van der Waals surface area contributed by atoms with E-state index in [-0.39, 0.29) is 5.91 Å². The molecule has 0 unspecified atom stereocenters. The third-order valence-electron chi connectivity index (χ3n) is 3.46. The first-order valence-corrected chi connectivity index (χ1v) is 7.71. The molecule has 1 amide bonds. The fourth-order valence-corrected chi connectivity index (χ4v) is 2.61. The monoisotopic (exact) mass is 362 g/mol. The van der Waals surface area contributed by atoms with Crippen molar-refractivity contribution in [3.8, 4) is 0 Å². The van der Waals surface area contributed by atoms with Crippen LogP contribution < -0.4 is 5.32 Å². The lowest BCUT2D eigenvalue weighted by Gasteiger charge is -2.08. The summed E-state index contributed by atoms with van der Waals surface area (Å²) in [6.07, 6.45) is 0. The number of amides is 1. The minimum Gasteiger partial charge on any atom is -0.465 e. The second kappa shape index (κ2) is 6.55. The Labute approximate surface area is 147 Å². The standard InChI is InChI=1S/C17H12Cl2N2O3/c1-24-17(23)10-3-5-12(19)14(7-10)21-16(22)15-6-9-2-4-11(18)8-13(9)20-15/h2-8,20H,1H3,(H,21,22). The van der Waals surface area contributed by atoms with Crippen LogP contribution in [0.2, 0.25) is 10.0 Å². The number of anilines is 1. The number of methoxy groups -OCH3 is 1. The Morgan fingerprint density at radius 3 is 2.62 bits per heavy atom. The molecule has 0 spiro atoms. The molecule has 1 heterocycles. The van der Waals surface area contributed by atoms with Gasteiger partial charge in [-0.15, -0.1) is 0 Å². The molecule has 2 aromatic carbocycles. The lowest BCUT2D eigenvalue weighted by Crippen LogP contribution is -2.13. The fourth-order valence-electron chi connectivity index (χ4n) is 2.28. The summed E-state index contributed by atoms with van der Waals surface area (Å²) in [6.45, 7) is 0.